The van der Waals surface area contributed by atoms with Gasteiger partial charge >= 0.3 is 0 Å². The van der Waals surface area contributed by atoms with E-state index in [0.29, 0.717) is 5.69 Å². The lowest BCUT2D eigenvalue weighted by molar-refractivity contribution is 0.765. The number of hydrogen-bond acceptors (Lipinski definition) is 4. The fraction of sp³-hybridized carbons (Fsp3) is 0.308. The van der Waals surface area contributed by atoms with E-state index in [1.165, 1.54) is 0 Å². The van der Waals surface area contributed by atoms with Crippen LogP contribution in [0.3, 0.4) is 0 Å². The second kappa shape index (κ2) is 4.60. The largest absolute Gasteiger partial charge is 0.394 e. The minimum Gasteiger partial charge on any atom is -0.394 e. The van der Waals surface area contributed by atoms with Crippen LogP contribution in [0.1, 0.15) is 5.69 Å². The smallest absolute Gasteiger partial charge is 0.152 e. The zero-order valence-electron chi connectivity index (χ0n) is 11.2. The molecule has 0 aliphatic carbocycles. The van der Waals surface area contributed by atoms with Crippen LogP contribution in [-0.4, -0.2) is 23.9 Å². The highest BCUT2D eigenvalue weighted by Crippen LogP contribution is 2.26. The summed E-state index contributed by atoms with van der Waals surface area (Å²) >= 11 is 0. The number of nitrogens with one attached hydrogen (secondary N) is 1. The van der Waals surface area contributed by atoms with Crippen molar-refractivity contribution in [3.63, 3.8) is 0 Å². The van der Waals surface area contributed by atoms with E-state index in [-0.39, 0.29) is 0 Å². The quantitative estimate of drug-likeness (QED) is 0.869. The van der Waals surface area contributed by atoms with E-state index in [1.807, 2.05) is 40.2 Å². The molecule has 18 heavy (non-hydrogen) atoms. The number of nitrogens with zero attached hydrogens (tertiary/aromatic N) is 3. The maximum absolute atomic E-state index is 5.98. The zero-order chi connectivity index (χ0) is 13.3. The molecule has 1 aromatic carbocycles. The number of nitrogen functional groups attached to an aromatic ring is 1. The van der Waals surface area contributed by atoms with Crippen molar-refractivity contribution in [1.82, 2.24) is 9.78 Å². The maximum Gasteiger partial charge on any atom is 0.152 e. The molecule has 5 nitrogen and oxygen atoms in total. The highest BCUT2D eigenvalue weighted by atomic mass is 15.3. The number of benzene rings is 1. The van der Waals surface area contributed by atoms with Gasteiger partial charge in [-0.2, -0.15) is 5.10 Å². The standard InChI is InChI=1S/C13H19N5/c1-9-12(14)13(18(4)16-9)15-10-5-7-11(8-6-10)17(2)3/h5-8,15H,14H2,1-4H3. The molecule has 5 heteroatoms. The molecule has 3 N–H and O–H groups in total. The second-order valence-corrected chi connectivity index (χ2v) is 4.54. The van der Waals surface area contributed by atoms with E-state index >= 15 is 0 Å². The van der Waals surface area contributed by atoms with Crippen LogP contribution in [-0.2, 0) is 7.05 Å². The summed E-state index contributed by atoms with van der Waals surface area (Å²) in [5.74, 6) is 0.824. The third kappa shape index (κ3) is 2.25. The molecule has 96 valence electrons. The molecule has 0 fully saturated rings. The first kappa shape index (κ1) is 12.3. The molecular formula is C13H19N5. The summed E-state index contributed by atoms with van der Waals surface area (Å²) in [6.45, 7) is 1.90. The first-order chi connectivity index (χ1) is 8.49. The Hall–Kier alpha value is -2.17. The Balaban J connectivity index is 2.23. The SMILES string of the molecule is Cc1nn(C)c(Nc2ccc(N(C)C)cc2)c1N. The van der Waals surface area contributed by atoms with Crippen molar-refractivity contribution in [3.05, 3.63) is 30.0 Å². The highest BCUT2D eigenvalue weighted by molar-refractivity contribution is 5.71. The summed E-state index contributed by atoms with van der Waals surface area (Å²) in [4.78, 5) is 2.06. The van der Waals surface area contributed by atoms with Gasteiger partial charge in [0.15, 0.2) is 5.82 Å². The van der Waals surface area contributed by atoms with Gasteiger partial charge < -0.3 is 16.0 Å². The molecule has 0 radical (unpaired) electrons. The average molecular weight is 245 g/mol. The first-order valence-corrected chi connectivity index (χ1v) is 5.82. The van der Waals surface area contributed by atoms with Crippen LogP contribution in [0.4, 0.5) is 22.9 Å². The van der Waals surface area contributed by atoms with Gasteiger partial charge in [0.05, 0.1) is 11.4 Å². The molecule has 2 aromatic rings. The van der Waals surface area contributed by atoms with Crippen LogP contribution in [0.25, 0.3) is 0 Å². The average Bonchev–Trinajstić information content (AvgIpc) is 2.57. The number of nitrogens with two attached hydrogens (primary N) is 1. The van der Waals surface area contributed by atoms with Crippen molar-refractivity contribution in [2.75, 3.05) is 30.0 Å². The summed E-state index contributed by atoms with van der Waals surface area (Å²) < 4.78 is 1.75. The Morgan fingerprint density at radius 2 is 1.83 bits per heavy atom. The zero-order valence-corrected chi connectivity index (χ0v) is 11.2. The summed E-state index contributed by atoms with van der Waals surface area (Å²) in [5, 5.41) is 7.56. The number of rotatable bonds is 3. The maximum atomic E-state index is 5.98. The molecule has 0 bridgehead atoms. The minimum absolute atomic E-state index is 0.689. The van der Waals surface area contributed by atoms with Crippen LogP contribution in [0.2, 0.25) is 0 Å². The van der Waals surface area contributed by atoms with E-state index < -0.39 is 0 Å². The molecule has 1 heterocycles. The van der Waals surface area contributed by atoms with E-state index in [1.54, 1.807) is 4.68 Å². The molecule has 0 saturated carbocycles. The van der Waals surface area contributed by atoms with E-state index in [9.17, 15) is 0 Å². The normalized spacial score (nSPS) is 10.4. The number of aromatic nitrogens is 2. The van der Waals surface area contributed by atoms with Gasteiger partial charge in [0, 0.05) is 32.5 Å². The van der Waals surface area contributed by atoms with Gasteiger partial charge in [-0.3, -0.25) is 4.68 Å². The predicted molar refractivity (Wildman–Crippen MR) is 76.4 cm³/mol. The van der Waals surface area contributed by atoms with Crippen LogP contribution >= 0.6 is 0 Å². The molecule has 0 atom stereocenters. The third-order valence-electron chi connectivity index (χ3n) is 2.91. The summed E-state index contributed by atoms with van der Waals surface area (Å²) in [7, 11) is 5.91. The lowest BCUT2D eigenvalue weighted by Gasteiger charge is -2.13. The number of anilines is 4. The van der Waals surface area contributed by atoms with Gasteiger partial charge in [-0.1, -0.05) is 0 Å². The summed E-state index contributed by atoms with van der Waals surface area (Å²) in [6, 6.07) is 8.16. The molecular weight excluding hydrogens is 226 g/mol. The molecule has 1 aromatic heterocycles. The Morgan fingerprint density at radius 3 is 2.28 bits per heavy atom. The second-order valence-electron chi connectivity index (χ2n) is 4.54. The van der Waals surface area contributed by atoms with Crippen molar-refractivity contribution in [2.45, 2.75) is 6.92 Å². The number of hydrogen-bond donors (Lipinski definition) is 2. The van der Waals surface area contributed by atoms with Crippen molar-refractivity contribution < 1.29 is 0 Å². The highest BCUT2D eigenvalue weighted by Gasteiger charge is 2.09. The van der Waals surface area contributed by atoms with Gasteiger partial charge in [0.25, 0.3) is 0 Å². The Labute approximate surface area is 107 Å². The van der Waals surface area contributed by atoms with Crippen molar-refractivity contribution >= 4 is 22.9 Å². The summed E-state index contributed by atoms with van der Waals surface area (Å²) in [6.07, 6.45) is 0. The number of aryl methyl sites for hydroxylation is 2. The van der Waals surface area contributed by atoms with Crippen LogP contribution < -0.4 is 16.0 Å². The fourth-order valence-electron chi connectivity index (χ4n) is 1.80. The van der Waals surface area contributed by atoms with E-state index in [0.717, 1.165) is 22.9 Å². The molecule has 0 aliphatic rings. The monoisotopic (exact) mass is 245 g/mol. The lowest BCUT2D eigenvalue weighted by atomic mass is 10.2. The lowest BCUT2D eigenvalue weighted by Crippen LogP contribution is -2.08. The predicted octanol–water partition coefficient (Wildman–Crippen LogP) is 2.12. The van der Waals surface area contributed by atoms with Crippen LogP contribution in [0, 0.1) is 6.92 Å². The van der Waals surface area contributed by atoms with Crippen molar-refractivity contribution in [1.29, 1.82) is 0 Å². The molecule has 0 spiro atoms. The van der Waals surface area contributed by atoms with Gasteiger partial charge in [-0.05, 0) is 31.2 Å². The van der Waals surface area contributed by atoms with Gasteiger partial charge in [-0.25, -0.2) is 0 Å². The Kier molecular flexibility index (Phi) is 3.14. The topological polar surface area (TPSA) is 59.1 Å². The first-order valence-electron chi connectivity index (χ1n) is 5.82. The molecule has 0 amide bonds. The van der Waals surface area contributed by atoms with Crippen LogP contribution in [0.5, 0.6) is 0 Å². The van der Waals surface area contributed by atoms with Gasteiger partial charge in [0.2, 0.25) is 0 Å². The van der Waals surface area contributed by atoms with E-state index in [4.69, 9.17) is 5.73 Å². The minimum atomic E-state index is 0.689. The molecule has 2 rings (SSSR count). The van der Waals surface area contributed by atoms with Crippen LogP contribution in [0.15, 0.2) is 24.3 Å². The van der Waals surface area contributed by atoms with Crippen molar-refractivity contribution in [2.24, 2.45) is 7.05 Å². The third-order valence-corrected chi connectivity index (χ3v) is 2.91. The molecule has 0 saturated heterocycles. The van der Waals surface area contributed by atoms with Gasteiger partial charge in [-0.15, -0.1) is 0 Å². The summed E-state index contributed by atoms with van der Waals surface area (Å²) in [5.41, 5.74) is 9.66. The fourth-order valence-corrected chi connectivity index (χ4v) is 1.80. The Bertz CT molecular complexity index is 539. The molecule has 0 aliphatic heterocycles. The van der Waals surface area contributed by atoms with E-state index in [2.05, 4.69) is 27.4 Å². The molecule has 0 unspecified atom stereocenters. The van der Waals surface area contributed by atoms with Gasteiger partial charge in [0.1, 0.15) is 0 Å². The Morgan fingerprint density at radius 1 is 1.22 bits per heavy atom. The van der Waals surface area contributed by atoms with Crippen molar-refractivity contribution in [3.8, 4) is 0 Å².